The molecular weight excluding hydrogens is 397 g/mol. The summed E-state index contributed by atoms with van der Waals surface area (Å²) in [6.45, 7) is 6.22. The van der Waals surface area contributed by atoms with Crippen molar-refractivity contribution in [2.45, 2.75) is 88.8 Å². The van der Waals surface area contributed by atoms with Gasteiger partial charge in [0.05, 0.1) is 24.3 Å². The maximum atomic E-state index is 15.1. The van der Waals surface area contributed by atoms with E-state index in [9.17, 15) is 9.90 Å². The van der Waals surface area contributed by atoms with Gasteiger partial charge in [-0.2, -0.15) is 0 Å². The molecule has 0 spiro atoms. The number of ether oxygens (including phenoxy) is 1. The van der Waals surface area contributed by atoms with Gasteiger partial charge in [-0.25, -0.2) is 9.37 Å². The van der Waals surface area contributed by atoms with Crippen LogP contribution in [-0.4, -0.2) is 50.7 Å². The number of H-pyrrole nitrogens is 1. The van der Waals surface area contributed by atoms with E-state index in [1.807, 2.05) is 13.8 Å². The molecule has 4 unspecified atom stereocenters. The van der Waals surface area contributed by atoms with Gasteiger partial charge in [0.1, 0.15) is 5.65 Å². The Labute approximate surface area is 182 Å². The van der Waals surface area contributed by atoms with Crippen LogP contribution in [0.4, 0.5) is 4.39 Å². The third-order valence-corrected chi connectivity index (χ3v) is 7.99. The van der Waals surface area contributed by atoms with Crippen LogP contribution in [0.15, 0.2) is 12.4 Å². The molecule has 4 aliphatic rings. The summed E-state index contributed by atoms with van der Waals surface area (Å²) >= 11 is 0. The van der Waals surface area contributed by atoms with Crippen LogP contribution >= 0.6 is 0 Å². The normalized spacial score (nSPS) is 32.5. The lowest BCUT2D eigenvalue weighted by Crippen LogP contribution is -2.59. The predicted molar refractivity (Wildman–Crippen MR) is 115 cm³/mol. The average molecular weight is 430 g/mol. The highest BCUT2D eigenvalue weighted by Crippen LogP contribution is 2.55. The number of amides is 1. The lowest BCUT2D eigenvalue weighted by atomic mass is 9.63. The molecular formula is C24H32FN3O3. The number of aliphatic hydroxyl groups is 1. The standard InChI is InChI=1S/C24H32FN3O3/c1-22(2,16-11-26-21-19(16)20(25)17(31-4)12-27-21)10-18(29)28-14-5-6-24(30)9-15(28)8-23(3,7-14)13-24/h11-12,14-15,30H,5-10,13H2,1-4H3,(H,26,27). The van der Waals surface area contributed by atoms with E-state index in [1.54, 1.807) is 6.20 Å². The highest BCUT2D eigenvalue weighted by atomic mass is 19.1. The van der Waals surface area contributed by atoms with Crippen LogP contribution in [0.5, 0.6) is 5.75 Å². The minimum Gasteiger partial charge on any atom is -0.492 e. The summed E-state index contributed by atoms with van der Waals surface area (Å²) in [5, 5.41) is 11.5. The minimum absolute atomic E-state index is 0.0924. The van der Waals surface area contributed by atoms with Crippen molar-refractivity contribution in [3.05, 3.63) is 23.8 Å². The summed E-state index contributed by atoms with van der Waals surface area (Å²) < 4.78 is 20.2. The molecule has 2 saturated carbocycles. The number of rotatable bonds is 4. The van der Waals surface area contributed by atoms with Gasteiger partial charge in [-0.15, -0.1) is 0 Å². The predicted octanol–water partition coefficient (Wildman–Crippen LogP) is 4.06. The molecule has 4 bridgehead atoms. The molecule has 6 rings (SSSR count). The fraction of sp³-hybridized carbons (Fsp3) is 0.667. The van der Waals surface area contributed by atoms with Gasteiger partial charge >= 0.3 is 0 Å². The van der Waals surface area contributed by atoms with Gasteiger partial charge in [0.15, 0.2) is 11.6 Å². The molecule has 4 fully saturated rings. The number of aromatic amines is 1. The topological polar surface area (TPSA) is 78.5 Å². The van der Waals surface area contributed by atoms with Gasteiger partial charge in [0, 0.05) is 30.1 Å². The van der Waals surface area contributed by atoms with Crippen molar-refractivity contribution in [3.8, 4) is 5.75 Å². The lowest BCUT2D eigenvalue weighted by molar-refractivity contribution is -0.150. The summed E-state index contributed by atoms with van der Waals surface area (Å²) in [6, 6.07) is 0.278. The highest BCUT2D eigenvalue weighted by Gasteiger charge is 2.56. The van der Waals surface area contributed by atoms with E-state index < -0.39 is 16.8 Å². The van der Waals surface area contributed by atoms with Gasteiger partial charge < -0.3 is 19.7 Å². The van der Waals surface area contributed by atoms with Gasteiger partial charge in [-0.1, -0.05) is 20.8 Å². The van der Waals surface area contributed by atoms with Crippen molar-refractivity contribution in [2.75, 3.05) is 7.11 Å². The van der Waals surface area contributed by atoms with E-state index in [-0.39, 0.29) is 35.6 Å². The quantitative estimate of drug-likeness (QED) is 0.768. The zero-order chi connectivity index (χ0) is 22.2. The van der Waals surface area contributed by atoms with Crippen molar-refractivity contribution in [1.29, 1.82) is 0 Å². The summed E-state index contributed by atoms with van der Waals surface area (Å²) in [5.74, 6) is -0.261. The van der Waals surface area contributed by atoms with Gasteiger partial charge in [0.2, 0.25) is 5.91 Å². The largest absolute Gasteiger partial charge is 0.492 e. The molecule has 4 atom stereocenters. The van der Waals surface area contributed by atoms with Crippen LogP contribution in [0.2, 0.25) is 0 Å². The van der Waals surface area contributed by atoms with Crippen LogP contribution in [0.1, 0.15) is 71.3 Å². The van der Waals surface area contributed by atoms with E-state index in [0.29, 0.717) is 17.5 Å². The van der Waals surface area contributed by atoms with Crippen LogP contribution < -0.4 is 4.74 Å². The first kappa shape index (κ1) is 20.7. The van der Waals surface area contributed by atoms with Crippen LogP contribution in [-0.2, 0) is 10.2 Å². The molecule has 2 aliphatic carbocycles. The Morgan fingerprint density at radius 3 is 2.87 bits per heavy atom. The third kappa shape index (κ3) is 3.23. The first-order chi connectivity index (χ1) is 14.5. The van der Waals surface area contributed by atoms with E-state index >= 15 is 4.39 Å². The van der Waals surface area contributed by atoms with E-state index in [4.69, 9.17) is 4.74 Å². The first-order valence-corrected chi connectivity index (χ1v) is 11.3. The molecule has 0 aromatic carbocycles. The molecule has 2 aromatic heterocycles. The number of methoxy groups -OCH3 is 1. The van der Waals surface area contributed by atoms with Gasteiger partial charge in [-0.05, 0) is 49.5 Å². The number of nitrogens with zero attached hydrogens (tertiary/aromatic N) is 2. The van der Waals surface area contributed by atoms with E-state index in [1.165, 1.54) is 13.3 Å². The second kappa shape index (κ2) is 6.67. The molecule has 2 N–H and O–H groups in total. The van der Waals surface area contributed by atoms with Crippen LogP contribution in [0.25, 0.3) is 11.0 Å². The lowest BCUT2D eigenvalue weighted by Gasteiger charge is -2.54. The van der Waals surface area contributed by atoms with Crippen LogP contribution in [0.3, 0.4) is 0 Å². The molecule has 168 valence electrons. The van der Waals surface area contributed by atoms with Crippen LogP contribution in [0, 0.1) is 11.2 Å². The average Bonchev–Trinajstić information content (AvgIpc) is 3.04. The SMILES string of the molecule is COc1cnc2[nH]cc(C(C)(C)CC(=O)N3C4CCC5(O)CC3CC(C)(C4)C5)c2c1F. The van der Waals surface area contributed by atoms with Gasteiger partial charge in [-0.3, -0.25) is 4.79 Å². The number of carbonyl (C=O) groups excluding carboxylic acids is 1. The Hall–Kier alpha value is -2.15. The monoisotopic (exact) mass is 429 g/mol. The number of pyridine rings is 1. The molecule has 0 radical (unpaired) electrons. The zero-order valence-corrected chi connectivity index (χ0v) is 18.8. The summed E-state index contributed by atoms with van der Waals surface area (Å²) in [4.78, 5) is 23.0. The Morgan fingerprint density at radius 1 is 1.39 bits per heavy atom. The molecule has 31 heavy (non-hydrogen) atoms. The van der Waals surface area contributed by atoms with E-state index in [0.717, 1.165) is 37.7 Å². The maximum Gasteiger partial charge on any atom is 0.223 e. The fourth-order valence-electron chi connectivity index (χ4n) is 6.89. The third-order valence-electron chi connectivity index (χ3n) is 7.99. The Kier molecular flexibility index (Phi) is 4.46. The van der Waals surface area contributed by atoms with Crippen molar-refractivity contribution in [3.63, 3.8) is 0 Å². The summed E-state index contributed by atoms with van der Waals surface area (Å²) in [6.07, 6.45) is 8.48. The molecule has 2 aliphatic heterocycles. The minimum atomic E-state index is -0.640. The van der Waals surface area contributed by atoms with Crippen molar-refractivity contribution in [1.82, 2.24) is 14.9 Å². The van der Waals surface area contributed by atoms with Crippen molar-refractivity contribution >= 4 is 16.9 Å². The number of carbonyl (C=O) groups is 1. The van der Waals surface area contributed by atoms with Gasteiger partial charge in [0.25, 0.3) is 0 Å². The zero-order valence-electron chi connectivity index (χ0n) is 18.8. The molecule has 4 heterocycles. The molecule has 6 nitrogen and oxygen atoms in total. The van der Waals surface area contributed by atoms with E-state index in [2.05, 4.69) is 21.8 Å². The Morgan fingerprint density at radius 2 is 2.13 bits per heavy atom. The fourth-order valence-corrected chi connectivity index (χ4v) is 6.89. The second-order valence-electron chi connectivity index (χ2n) is 11.1. The molecule has 1 amide bonds. The highest BCUT2D eigenvalue weighted by molar-refractivity contribution is 5.85. The number of hydrogen-bond acceptors (Lipinski definition) is 4. The number of hydrogen-bond donors (Lipinski definition) is 2. The van der Waals surface area contributed by atoms with Crippen molar-refractivity contribution in [2.24, 2.45) is 5.41 Å². The molecule has 7 heteroatoms. The number of aromatic nitrogens is 2. The number of fused-ring (bicyclic) bond motifs is 2. The number of nitrogens with one attached hydrogen (secondary N) is 1. The second-order valence-corrected chi connectivity index (χ2v) is 11.1. The maximum absolute atomic E-state index is 15.1. The first-order valence-electron chi connectivity index (χ1n) is 11.3. The molecule has 2 saturated heterocycles. The number of halogens is 1. The smallest absolute Gasteiger partial charge is 0.223 e. The summed E-state index contributed by atoms with van der Waals surface area (Å²) in [5.41, 5.74) is 0.0740. The molecule has 2 aromatic rings. The Balaban J connectivity index is 1.45. The summed E-state index contributed by atoms with van der Waals surface area (Å²) in [7, 11) is 1.42. The Bertz CT molecular complexity index is 1040. The number of piperidine rings is 1. The van der Waals surface area contributed by atoms with Crippen molar-refractivity contribution < 1.29 is 19.0 Å².